The number of nitrogens with zero attached hydrogens (tertiary/aromatic N) is 1. The molecule has 0 heterocycles. The summed E-state index contributed by atoms with van der Waals surface area (Å²) in [6, 6.07) is 1.96. The van der Waals surface area contributed by atoms with Gasteiger partial charge in [0, 0.05) is 12.1 Å². The van der Waals surface area contributed by atoms with Crippen molar-refractivity contribution in [2.45, 2.75) is 43.2 Å². The number of halogens is 4. The number of benzene rings is 1. The summed E-state index contributed by atoms with van der Waals surface area (Å²) in [6.07, 6.45) is -3.32. The molecule has 2 N–H and O–H groups in total. The molecule has 0 aliphatic heterocycles. The van der Waals surface area contributed by atoms with Gasteiger partial charge in [-0.05, 0) is 31.0 Å². The van der Waals surface area contributed by atoms with Gasteiger partial charge in [-0.25, -0.2) is 13.6 Å². The molecule has 11 heteroatoms. The second-order valence-electron chi connectivity index (χ2n) is 6.34. The van der Waals surface area contributed by atoms with Gasteiger partial charge in [-0.1, -0.05) is 24.4 Å². The molecule has 0 bridgehead atoms. The van der Waals surface area contributed by atoms with Gasteiger partial charge in [-0.15, -0.1) is 0 Å². The van der Waals surface area contributed by atoms with Crippen LogP contribution in [0.2, 0.25) is 5.02 Å². The topological polar surface area (TPSA) is 89.7 Å². The maximum Gasteiger partial charge on any atom is 0.418 e. The lowest BCUT2D eigenvalue weighted by Crippen LogP contribution is -2.54. The van der Waals surface area contributed by atoms with Crippen LogP contribution in [0.5, 0.6) is 0 Å². The number of hydrogen-bond acceptors (Lipinski definition) is 4. The summed E-state index contributed by atoms with van der Waals surface area (Å²) < 4.78 is 69.5. The zero-order valence-corrected chi connectivity index (χ0v) is 16.1. The van der Waals surface area contributed by atoms with Gasteiger partial charge in [0.1, 0.15) is 6.61 Å². The predicted octanol–water partition coefficient (Wildman–Crippen LogP) is 2.94. The summed E-state index contributed by atoms with van der Waals surface area (Å²) in [6.45, 7) is -0.506. The number of primary sulfonamides is 1. The number of anilines is 1. The Bertz CT molecular complexity index is 801. The SMILES string of the molecule is COCC(=O)N(c1ccc(Cl)cc1C(F)(F)F)C1CCCCC1S(N)(=O)=O. The Morgan fingerprint density at radius 3 is 2.52 bits per heavy atom. The molecule has 27 heavy (non-hydrogen) atoms. The number of sulfonamides is 1. The second-order valence-corrected chi connectivity index (χ2v) is 8.56. The van der Waals surface area contributed by atoms with Gasteiger partial charge in [0.05, 0.1) is 22.5 Å². The smallest absolute Gasteiger partial charge is 0.375 e. The summed E-state index contributed by atoms with van der Waals surface area (Å²) in [7, 11) is -2.85. The first-order valence-corrected chi connectivity index (χ1v) is 10.1. The summed E-state index contributed by atoms with van der Waals surface area (Å²) in [5.74, 6) is -0.786. The number of alkyl halides is 3. The molecule has 1 aromatic carbocycles. The minimum atomic E-state index is -4.79. The molecule has 152 valence electrons. The molecule has 0 saturated heterocycles. The number of rotatable bonds is 5. The van der Waals surface area contributed by atoms with Crippen molar-refractivity contribution < 1.29 is 31.1 Å². The van der Waals surface area contributed by atoms with E-state index in [-0.39, 0.29) is 17.9 Å². The van der Waals surface area contributed by atoms with Crippen molar-refractivity contribution in [3.63, 3.8) is 0 Å². The van der Waals surface area contributed by atoms with Gasteiger partial charge < -0.3 is 9.64 Å². The van der Waals surface area contributed by atoms with Crippen molar-refractivity contribution >= 4 is 33.2 Å². The molecule has 0 radical (unpaired) electrons. The fourth-order valence-electron chi connectivity index (χ4n) is 3.39. The van der Waals surface area contributed by atoms with Crippen LogP contribution in [0.1, 0.15) is 31.2 Å². The van der Waals surface area contributed by atoms with Crippen LogP contribution in [0.3, 0.4) is 0 Å². The minimum absolute atomic E-state index is 0.156. The zero-order chi connectivity index (χ0) is 20.4. The molecule has 2 unspecified atom stereocenters. The van der Waals surface area contributed by atoms with Gasteiger partial charge in [-0.3, -0.25) is 4.79 Å². The maximum atomic E-state index is 13.6. The van der Waals surface area contributed by atoms with Crippen molar-refractivity contribution in [2.24, 2.45) is 5.14 Å². The summed E-state index contributed by atoms with van der Waals surface area (Å²) in [4.78, 5) is 13.5. The number of hydrogen-bond donors (Lipinski definition) is 1. The lowest BCUT2D eigenvalue weighted by molar-refractivity contribution is -0.137. The van der Waals surface area contributed by atoms with E-state index in [4.69, 9.17) is 21.5 Å². The fourth-order valence-corrected chi connectivity index (χ4v) is 4.76. The Hall–Kier alpha value is -1.36. The molecule has 1 fully saturated rings. The van der Waals surface area contributed by atoms with Crippen molar-refractivity contribution in [1.82, 2.24) is 0 Å². The van der Waals surface area contributed by atoms with E-state index >= 15 is 0 Å². The molecule has 2 atom stereocenters. The minimum Gasteiger partial charge on any atom is -0.375 e. The third kappa shape index (κ3) is 5.13. The highest BCUT2D eigenvalue weighted by Gasteiger charge is 2.43. The highest BCUT2D eigenvalue weighted by Crippen LogP contribution is 2.41. The van der Waals surface area contributed by atoms with Gasteiger partial charge >= 0.3 is 6.18 Å². The van der Waals surface area contributed by atoms with Gasteiger partial charge in [-0.2, -0.15) is 13.2 Å². The number of nitrogens with two attached hydrogens (primary N) is 1. The van der Waals surface area contributed by atoms with Gasteiger partial charge in [0.25, 0.3) is 5.91 Å². The molecule has 6 nitrogen and oxygen atoms in total. The summed E-state index contributed by atoms with van der Waals surface area (Å²) >= 11 is 5.71. The summed E-state index contributed by atoms with van der Waals surface area (Å²) in [5, 5.41) is 3.98. The van der Waals surface area contributed by atoms with Gasteiger partial charge in [0.2, 0.25) is 10.0 Å². The average molecular weight is 429 g/mol. The molecule has 1 aromatic rings. The van der Waals surface area contributed by atoms with E-state index in [0.717, 1.165) is 11.0 Å². The van der Waals surface area contributed by atoms with E-state index in [1.165, 1.54) is 13.2 Å². The van der Waals surface area contributed by atoms with Crippen molar-refractivity contribution in [3.05, 3.63) is 28.8 Å². The molecular formula is C16H20ClF3N2O4S. The van der Waals surface area contributed by atoms with Crippen LogP contribution in [0.25, 0.3) is 0 Å². The van der Waals surface area contributed by atoms with Crippen LogP contribution in [-0.2, 0) is 25.7 Å². The highest BCUT2D eigenvalue weighted by molar-refractivity contribution is 7.89. The first kappa shape index (κ1) is 21.9. The first-order valence-electron chi connectivity index (χ1n) is 8.16. The Morgan fingerprint density at radius 1 is 1.33 bits per heavy atom. The molecule has 1 amide bonds. The number of carbonyl (C=O) groups is 1. The second kappa shape index (κ2) is 8.34. The van der Waals surface area contributed by atoms with E-state index in [1.54, 1.807) is 0 Å². The lowest BCUT2D eigenvalue weighted by Gasteiger charge is -2.39. The van der Waals surface area contributed by atoms with Gasteiger partial charge in [0.15, 0.2) is 0 Å². The molecule has 1 saturated carbocycles. The summed E-state index contributed by atoms with van der Waals surface area (Å²) in [5.41, 5.74) is -1.59. The van der Waals surface area contributed by atoms with Crippen LogP contribution in [0.15, 0.2) is 18.2 Å². The Balaban J connectivity index is 2.64. The molecular weight excluding hydrogens is 409 g/mol. The van der Waals surface area contributed by atoms with Crippen LogP contribution in [0.4, 0.5) is 18.9 Å². The fraction of sp³-hybridized carbons (Fsp3) is 0.562. The Labute approximate surface area is 160 Å². The van der Waals surface area contributed by atoms with E-state index in [0.29, 0.717) is 18.9 Å². The van der Waals surface area contributed by atoms with E-state index < -0.39 is 51.3 Å². The predicted molar refractivity (Wildman–Crippen MR) is 95.0 cm³/mol. The average Bonchev–Trinajstić information content (AvgIpc) is 2.55. The quantitative estimate of drug-likeness (QED) is 0.780. The van der Waals surface area contributed by atoms with Crippen LogP contribution in [0, 0.1) is 0 Å². The number of ether oxygens (including phenoxy) is 1. The maximum absolute atomic E-state index is 13.6. The molecule has 1 aliphatic rings. The number of amides is 1. The van der Waals surface area contributed by atoms with Crippen LogP contribution < -0.4 is 10.0 Å². The largest absolute Gasteiger partial charge is 0.418 e. The van der Waals surface area contributed by atoms with Crippen LogP contribution in [-0.4, -0.2) is 39.3 Å². The zero-order valence-electron chi connectivity index (χ0n) is 14.5. The van der Waals surface area contributed by atoms with Crippen molar-refractivity contribution in [3.8, 4) is 0 Å². The van der Waals surface area contributed by atoms with E-state index in [2.05, 4.69) is 0 Å². The first-order chi connectivity index (χ1) is 12.5. The molecule has 0 aromatic heterocycles. The molecule has 2 rings (SSSR count). The molecule has 0 spiro atoms. The normalized spacial score (nSPS) is 21.1. The van der Waals surface area contributed by atoms with Crippen LogP contribution >= 0.6 is 11.6 Å². The lowest BCUT2D eigenvalue weighted by atomic mass is 9.92. The van der Waals surface area contributed by atoms with Crippen molar-refractivity contribution in [2.75, 3.05) is 18.6 Å². The highest BCUT2D eigenvalue weighted by atomic mass is 35.5. The third-order valence-electron chi connectivity index (χ3n) is 4.48. The monoisotopic (exact) mass is 428 g/mol. The van der Waals surface area contributed by atoms with Crippen molar-refractivity contribution in [1.29, 1.82) is 0 Å². The third-order valence-corrected chi connectivity index (χ3v) is 6.11. The standard InChI is InChI=1S/C16H20ClF3N2O4S/c1-26-9-15(23)22(13-4-2-3-5-14(13)27(21,24)25)12-7-6-10(17)8-11(12)16(18,19)20/h6-8,13-14H,2-5,9H2,1H3,(H2,21,24,25). The number of methoxy groups -OCH3 is 1. The molecule has 1 aliphatic carbocycles. The van der Waals surface area contributed by atoms with E-state index in [9.17, 15) is 26.4 Å². The number of carbonyl (C=O) groups excluding carboxylic acids is 1. The van der Waals surface area contributed by atoms with E-state index in [1.807, 2.05) is 0 Å². The Kier molecular flexibility index (Phi) is 6.77. The Morgan fingerprint density at radius 2 is 1.96 bits per heavy atom.